The summed E-state index contributed by atoms with van der Waals surface area (Å²) in [6.45, 7) is 2.03. The van der Waals surface area contributed by atoms with Crippen LogP contribution < -0.4 is 10.6 Å². The summed E-state index contributed by atoms with van der Waals surface area (Å²) in [5, 5.41) is 0. The summed E-state index contributed by atoms with van der Waals surface area (Å²) < 4.78 is 50.4. The Hall–Kier alpha value is -1.46. The summed E-state index contributed by atoms with van der Waals surface area (Å²) in [6, 6.07) is 3.41. The normalized spacial score (nSPS) is 11.9. The molecule has 17 heavy (non-hydrogen) atoms. The van der Waals surface area contributed by atoms with Crippen molar-refractivity contribution in [2.45, 2.75) is 26.1 Å². The van der Waals surface area contributed by atoms with Gasteiger partial charge in [0.25, 0.3) is 0 Å². The largest absolute Gasteiger partial charge is 0.405 e. The van der Waals surface area contributed by atoms with Crippen LogP contribution in [-0.4, -0.2) is 18.8 Å². The van der Waals surface area contributed by atoms with Gasteiger partial charge in [0.15, 0.2) is 0 Å². The Bertz CT molecular complexity index is 388. The number of nitrogen functional groups attached to an aromatic ring is 1. The van der Waals surface area contributed by atoms with Crippen molar-refractivity contribution in [2.75, 3.05) is 17.2 Å². The number of nitrogens with two attached hydrogens (primary N) is 1. The van der Waals surface area contributed by atoms with E-state index in [0.29, 0.717) is 0 Å². The van der Waals surface area contributed by atoms with Gasteiger partial charge in [0, 0.05) is 6.04 Å². The first-order valence-corrected chi connectivity index (χ1v) is 5.09. The summed E-state index contributed by atoms with van der Waals surface area (Å²) in [5.41, 5.74) is 5.26. The summed E-state index contributed by atoms with van der Waals surface area (Å²) >= 11 is 0. The first kappa shape index (κ1) is 13.6. The maximum atomic E-state index is 13.2. The molecule has 1 aromatic rings. The summed E-state index contributed by atoms with van der Waals surface area (Å²) in [6.07, 6.45) is -4.36. The Balaban J connectivity index is 3.10. The van der Waals surface area contributed by atoms with Crippen LogP contribution in [0.1, 0.15) is 13.8 Å². The number of nitrogens with zero attached hydrogens (tertiary/aromatic N) is 1. The molecule has 6 heteroatoms. The second kappa shape index (κ2) is 4.81. The average Bonchev–Trinajstić information content (AvgIpc) is 2.17. The van der Waals surface area contributed by atoms with Crippen molar-refractivity contribution in [1.29, 1.82) is 0 Å². The third kappa shape index (κ3) is 3.51. The Morgan fingerprint density at radius 3 is 2.35 bits per heavy atom. The van der Waals surface area contributed by atoms with Gasteiger partial charge in [0.1, 0.15) is 12.4 Å². The fourth-order valence-electron chi connectivity index (χ4n) is 1.52. The van der Waals surface area contributed by atoms with Crippen molar-refractivity contribution in [3.05, 3.63) is 24.0 Å². The molecule has 0 fully saturated rings. The van der Waals surface area contributed by atoms with E-state index in [-0.39, 0.29) is 11.4 Å². The predicted octanol–water partition coefficient (Wildman–Crippen LogP) is 3.19. The Morgan fingerprint density at radius 2 is 1.88 bits per heavy atom. The molecule has 0 spiro atoms. The third-order valence-corrected chi connectivity index (χ3v) is 2.31. The second-order valence-corrected chi connectivity index (χ2v) is 4.01. The van der Waals surface area contributed by atoms with Crippen LogP contribution in [0.3, 0.4) is 0 Å². The molecular weight excluding hydrogens is 236 g/mol. The number of hydrogen-bond acceptors (Lipinski definition) is 2. The Morgan fingerprint density at radius 1 is 1.29 bits per heavy atom. The highest BCUT2D eigenvalue weighted by atomic mass is 19.4. The Labute approximate surface area is 97.0 Å². The summed E-state index contributed by atoms with van der Waals surface area (Å²) in [7, 11) is 0. The predicted molar refractivity (Wildman–Crippen MR) is 59.3 cm³/mol. The van der Waals surface area contributed by atoms with Crippen molar-refractivity contribution >= 4 is 11.4 Å². The molecule has 1 rings (SSSR count). The first-order valence-electron chi connectivity index (χ1n) is 5.09. The molecule has 0 aliphatic heterocycles. The van der Waals surface area contributed by atoms with Gasteiger partial charge >= 0.3 is 6.18 Å². The zero-order valence-corrected chi connectivity index (χ0v) is 9.55. The molecule has 0 saturated heterocycles. The van der Waals surface area contributed by atoms with Gasteiger partial charge in [0.05, 0.1) is 11.4 Å². The molecule has 0 heterocycles. The number of benzene rings is 1. The van der Waals surface area contributed by atoms with E-state index < -0.39 is 24.6 Å². The van der Waals surface area contributed by atoms with Gasteiger partial charge in [-0.1, -0.05) is 6.07 Å². The molecule has 0 aliphatic carbocycles. The van der Waals surface area contributed by atoms with Crippen LogP contribution in [0, 0.1) is 5.82 Å². The number of hydrogen-bond donors (Lipinski definition) is 1. The molecule has 2 N–H and O–H groups in total. The van der Waals surface area contributed by atoms with E-state index in [1.807, 2.05) is 0 Å². The zero-order valence-electron chi connectivity index (χ0n) is 9.55. The minimum Gasteiger partial charge on any atom is -0.395 e. The van der Waals surface area contributed by atoms with E-state index in [4.69, 9.17) is 5.73 Å². The topological polar surface area (TPSA) is 29.3 Å². The van der Waals surface area contributed by atoms with E-state index >= 15 is 0 Å². The lowest BCUT2D eigenvalue weighted by atomic mass is 10.2. The molecule has 1 aromatic carbocycles. The maximum absolute atomic E-state index is 13.2. The minimum atomic E-state index is -4.36. The van der Waals surface area contributed by atoms with Crippen molar-refractivity contribution in [2.24, 2.45) is 0 Å². The van der Waals surface area contributed by atoms with E-state index in [1.165, 1.54) is 12.1 Å². The smallest absolute Gasteiger partial charge is 0.395 e. The van der Waals surface area contributed by atoms with E-state index in [0.717, 1.165) is 11.0 Å². The first-order chi connectivity index (χ1) is 7.72. The number of anilines is 2. The third-order valence-electron chi connectivity index (χ3n) is 2.31. The fourth-order valence-corrected chi connectivity index (χ4v) is 1.52. The molecule has 96 valence electrons. The minimum absolute atomic E-state index is 0.0670. The van der Waals surface area contributed by atoms with Crippen LogP contribution in [0.4, 0.5) is 28.9 Å². The lowest BCUT2D eigenvalue weighted by Crippen LogP contribution is -2.39. The van der Waals surface area contributed by atoms with E-state index in [9.17, 15) is 17.6 Å². The van der Waals surface area contributed by atoms with Crippen molar-refractivity contribution < 1.29 is 17.6 Å². The number of rotatable bonds is 3. The van der Waals surface area contributed by atoms with Crippen molar-refractivity contribution in [1.82, 2.24) is 0 Å². The van der Waals surface area contributed by atoms with E-state index in [1.54, 1.807) is 13.8 Å². The number of para-hydroxylation sites is 1. The van der Waals surface area contributed by atoms with Gasteiger partial charge in [-0.15, -0.1) is 0 Å². The molecule has 0 amide bonds. The van der Waals surface area contributed by atoms with Gasteiger partial charge in [-0.05, 0) is 26.0 Å². The SMILES string of the molecule is CC(C)N(CC(F)(F)F)c1cccc(F)c1N. The lowest BCUT2D eigenvalue weighted by molar-refractivity contribution is -0.120. The van der Waals surface area contributed by atoms with Gasteiger partial charge < -0.3 is 10.6 Å². The van der Waals surface area contributed by atoms with E-state index in [2.05, 4.69) is 0 Å². The standard InChI is InChI=1S/C11H14F4N2/c1-7(2)17(6-11(13,14)15)9-5-3-4-8(12)10(9)16/h3-5,7H,6,16H2,1-2H3. The monoisotopic (exact) mass is 250 g/mol. The van der Waals surface area contributed by atoms with Crippen LogP contribution in [-0.2, 0) is 0 Å². The molecule has 0 bridgehead atoms. The summed E-state index contributed by atoms with van der Waals surface area (Å²) in [5.74, 6) is -0.713. The molecule has 2 nitrogen and oxygen atoms in total. The molecule has 0 radical (unpaired) electrons. The van der Waals surface area contributed by atoms with Crippen LogP contribution in [0.2, 0.25) is 0 Å². The molecular formula is C11H14F4N2. The number of halogens is 4. The van der Waals surface area contributed by atoms with Gasteiger partial charge in [0.2, 0.25) is 0 Å². The Kier molecular flexibility index (Phi) is 3.85. The number of alkyl halides is 3. The van der Waals surface area contributed by atoms with Crippen LogP contribution >= 0.6 is 0 Å². The molecule has 0 atom stereocenters. The highest BCUT2D eigenvalue weighted by Crippen LogP contribution is 2.30. The highest BCUT2D eigenvalue weighted by molar-refractivity contribution is 5.68. The van der Waals surface area contributed by atoms with Gasteiger partial charge in [-0.25, -0.2) is 4.39 Å². The van der Waals surface area contributed by atoms with Gasteiger partial charge in [-0.2, -0.15) is 13.2 Å². The fraction of sp³-hybridized carbons (Fsp3) is 0.455. The van der Waals surface area contributed by atoms with Gasteiger partial charge in [-0.3, -0.25) is 0 Å². The summed E-state index contributed by atoms with van der Waals surface area (Å²) in [4.78, 5) is 1.03. The van der Waals surface area contributed by atoms with Crippen molar-refractivity contribution in [3.8, 4) is 0 Å². The quantitative estimate of drug-likeness (QED) is 0.659. The molecule has 0 aliphatic rings. The molecule has 0 unspecified atom stereocenters. The van der Waals surface area contributed by atoms with Crippen LogP contribution in [0.5, 0.6) is 0 Å². The van der Waals surface area contributed by atoms with Crippen LogP contribution in [0.15, 0.2) is 18.2 Å². The average molecular weight is 250 g/mol. The molecule has 0 saturated carbocycles. The molecule has 0 aromatic heterocycles. The van der Waals surface area contributed by atoms with Crippen molar-refractivity contribution in [3.63, 3.8) is 0 Å². The highest BCUT2D eigenvalue weighted by Gasteiger charge is 2.32. The zero-order chi connectivity index (χ0) is 13.2. The maximum Gasteiger partial charge on any atom is 0.405 e. The lowest BCUT2D eigenvalue weighted by Gasteiger charge is -2.30. The van der Waals surface area contributed by atoms with Crippen LogP contribution in [0.25, 0.3) is 0 Å². The second-order valence-electron chi connectivity index (χ2n) is 4.01.